The number of thiophene rings is 1. The van der Waals surface area contributed by atoms with E-state index in [9.17, 15) is 23.8 Å². The zero-order chi connectivity index (χ0) is 21.8. The number of benzene rings is 1. The van der Waals surface area contributed by atoms with Crippen LogP contribution in [0.25, 0.3) is 0 Å². The Morgan fingerprint density at radius 1 is 1.34 bits per heavy atom. The number of hydrogen-bond acceptors (Lipinski definition) is 10. The third-order valence-corrected chi connectivity index (χ3v) is 6.31. The molecular formula is C15H13Br2N5O5S2. The number of nitrogens with zero attached hydrogens (tertiary/aromatic N) is 4. The van der Waals surface area contributed by atoms with Crippen molar-refractivity contribution < 1.29 is 17.5 Å². The van der Waals surface area contributed by atoms with Gasteiger partial charge in [-0.3, -0.25) is 14.3 Å². The van der Waals surface area contributed by atoms with Gasteiger partial charge in [0, 0.05) is 24.2 Å². The predicted octanol–water partition coefficient (Wildman–Crippen LogP) is 5.16. The van der Waals surface area contributed by atoms with Crippen LogP contribution in [0.1, 0.15) is 11.1 Å². The van der Waals surface area contributed by atoms with Crippen LogP contribution in [0.5, 0.6) is 0 Å². The van der Waals surface area contributed by atoms with Gasteiger partial charge < -0.3 is 5.32 Å². The quantitative estimate of drug-likeness (QED) is 0.152. The maximum absolute atomic E-state index is 11.0. The van der Waals surface area contributed by atoms with Crippen LogP contribution >= 0.6 is 43.2 Å². The number of nitrogens with one attached hydrogen (secondary N) is 1. The van der Waals surface area contributed by atoms with Crippen molar-refractivity contribution in [1.82, 2.24) is 0 Å². The lowest BCUT2D eigenvalue weighted by Gasteiger charge is -2.04. The molecule has 1 heterocycles. The van der Waals surface area contributed by atoms with Gasteiger partial charge in [0.2, 0.25) is 0 Å². The van der Waals surface area contributed by atoms with Crippen molar-refractivity contribution >= 4 is 74.7 Å². The molecule has 0 atom stereocenters. The molecule has 2 aromatic rings. The van der Waals surface area contributed by atoms with E-state index < -0.39 is 15.0 Å². The summed E-state index contributed by atoms with van der Waals surface area (Å²) < 4.78 is 27.4. The van der Waals surface area contributed by atoms with Crippen molar-refractivity contribution in [3.63, 3.8) is 0 Å². The molecule has 0 amide bonds. The Morgan fingerprint density at radius 3 is 2.48 bits per heavy atom. The molecule has 0 saturated carbocycles. The van der Waals surface area contributed by atoms with Gasteiger partial charge in [-0.1, -0.05) is 11.3 Å². The first-order valence-electron chi connectivity index (χ1n) is 7.70. The number of hydrogen-bond donors (Lipinski definition) is 1. The molecule has 1 N–H and O–H groups in total. The largest absolute Gasteiger partial charge is 0.373 e. The van der Waals surface area contributed by atoms with E-state index >= 15 is 0 Å². The van der Waals surface area contributed by atoms with Crippen LogP contribution in [0.3, 0.4) is 0 Å². The minimum atomic E-state index is -3.54. The molecule has 0 fully saturated rings. The predicted molar refractivity (Wildman–Crippen MR) is 116 cm³/mol. The SMILES string of the molecule is Cc1c(N=Nc2c(Br)cc([N+](=O)[O-])cc2Br)sc(NCCOS(C)(=O)=O)c1C#N. The highest BCUT2D eigenvalue weighted by Gasteiger charge is 2.17. The molecule has 0 spiro atoms. The Kier molecular flexibility index (Phi) is 7.83. The van der Waals surface area contributed by atoms with Gasteiger partial charge in [0.05, 0.1) is 32.3 Å². The van der Waals surface area contributed by atoms with Gasteiger partial charge in [0.25, 0.3) is 15.8 Å². The second-order valence-corrected chi connectivity index (χ2v) is 9.87. The number of halogens is 2. The molecule has 1 aromatic heterocycles. The smallest absolute Gasteiger partial charge is 0.271 e. The monoisotopic (exact) mass is 565 g/mol. The summed E-state index contributed by atoms with van der Waals surface area (Å²) in [5, 5.41) is 32.5. The van der Waals surface area contributed by atoms with Crippen molar-refractivity contribution in [2.24, 2.45) is 10.2 Å². The summed E-state index contributed by atoms with van der Waals surface area (Å²) in [5.74, 6) is 0. The zero-order valence-electron chi connectivity index (χ0n) is 15.0. The average molecular weight is 567 g/mol. The van der Waals surface area contributed by atoms with Crippen LogP contribution in [0, 0.1) is 28.4 Å². The number of rotatable bonds is 8. The molecule has 10 nitrogen and oxygen atoms in total. The summed E-state index contributed by atoms with van der Waals surface area (Å²) in [7, 11) is -3.54. The number of non-ortho nitro benzene ring substituents is 1. The Labute approximate surface area is 187 Å². The van der Waals surface area contributed by atoms with Crippen LogP contribution in [0.15, 0.2) is 31.3 Å². The first kappa shape index (κ1) is 23.4. The van der Waals surface area contributed by atoms with Crippen molar-refractivity contribution in [3.05, 3.63) is 42.3 Å². The molecule has 1 aromatic carbocycles. The van der Waals surface area contributed by atoms with Gasteiger partial charge in [-0.2, -0.15) is 13.7 Å². The van der Waals surface area contributed by atoms with E-state index in [0.29, 0.717) is 35.8 Å². The molecule has 2 rings (SSSR count). The molecule has 0 aliphatic carbocycles. The van der Waals surface area contributed by atoms with Crippen LogP contribution in [0.2, 0.25) is 0 Å². The highest BCUT2D eigenvalue weighted by Crippen LogP contribution is 2.42. The van der Waals surface area contributed by atoms with E-state index in [1.54, 1.807) is 6.92 Å². The minimum Gasteiger partial charge on any atom is -0.373 e. The van der Waals surface area contributed by atoms with E-state index in [1.165, 1.54) is 23.5 Å². The van der Waals surface area contributed by atoms with Gasteiger partial charge in [-0.05, 0) is 38.8 Å². The topological polar surface area (TPSA) is 147 Å². The second kappa shape index (κ2) is 9.72. The first-order valence-corrected chi connectivity index (χ1v) is 11.9. The maximum Gasteiger partial charge on any atom is 0.271 e. The minimum absolute atomic E-state index is 0.0831. The lowest BCUT2D eigenvalue weighted by Crippen LogP contribution is -2.12. The fourth-order valence-corrected chi connectivity index (χ4v) is 4.77. The molecule has 0 radical (unpaired) electrons. The summed E-state index contributed by atoms with van der Waals surface area (Å²) in [6, 6.07) is 4.71. The molecule has 154 valence electrons. The Bertz CT molecular complexity index is 1100. The molecular weight excluding hydrogens is 554 g/mol. The zero-order valence-corrected chi connectivity index (χ0v) is 19.8. The maximum atomic E-state index is 11.0. The van der Waals surface area contributed by atoms with Gasteiger partial charge in [-0.15, -0.1) is 10.2 Å². The molecule has 0 saturated heterocycles. The third-order valence-electron chi connectivity index (χ3n) is 3.37. The van der Waals surface area contributed by atoms with Gasteiger partial charge >= 0.3 is 0 Å². The second-order valence-electron chi connectivity index (χ2n) is 5.52. The van der Waals surface area contributed by atoms with Crippen LogP contribution in [0.4, 0.5) is 21.4 Å². The normalized spacial score (nSPS) is 11.6. The average Bonchev–Trinajstić information content (AvgIpc) is 2.92. The van der Waals surface area contributed by atoms with Crippen molar-refractivity contribution in [1.29, 1.82) is 5.26 Å². The summed E-state index contributed by atoms with van der Waals surface area (Å²) in [5.41, 5.74) is 1.22. The molecule has 0 bridgehead atoms. The van der Waals surface area contributed by atoms with E-state index in [2.05, 4.69) is 57.7 Å². The number of azo groups is 1. The van der Waals surface area contributed by atoms with Crippen molar-refractivity contribution in [2.75, 3.05) is 24.7 Å². The first-order chi connectivity index (χ1) is 13.5. The molecule has 0 unspecified atom stereocenters. The lowest BCUT2D eigenvalue weighted by molar-refractivity contribution is -0.385. The van der Waals surface area contributed by atoms with E-state index in [1.807, 2.05) is 0 Å². The molecule has 0 aliphatic rings. The summed E-state index contributed by atoms with van der Waals surface area (Å²) in [6.45, 7) is 1.80. The fourth-order valence-electron chi connectivity index (χ4n) is 2.06. The number of nitro benzene ring substituents is 1. The highest BCUT2D eigenvalue weighted by atomic mass is 79.9. The fraction of sp³-hybridized carbons (Fsp3) is 0.267. The summed E-state index contributed by atoms with van der Waals surface area (Å²) >= 11 is 7.64. The molecule has 0 aliphatic heterocycles. The Hall–Kier alpha value is -1.92. The number of nitro groups is 1. The Morgan fingerprint density at radius 2 is 1.97 bits per heavy atom. The van der Waals surface area contributed by atoms with Gasteiger partial charge in [-0.25, -0.2) is 0 Å². The summed E-state index contributed by atoms with van der Waals surface area (Å²) in [4.78, 5) is 10.4. The molecule has 29 heavy (non-hydrogen) atoms. The standard InChI is InChI=1S/C15H13Br2N5O5S2/c1-8-10(7-18)15(19-3-4-27-29(2,25)26)28-14(8)21-20-13-11(16)5-9(22(23)24)6-12(13)17/h5-6,19H,3-4H2,1-2H3. The summed E-state index contributed by atoms with van der Waals surface area (Å²) in [6.07, 6.45) is 0.954. The van der Waals surface area contributed by atoms with Crippen molar-refractivity contribution in [2.45, 2.75) is 6.92 Å². The van der Waals surface area contributed by atoms with Crippen molar-refractivity contribution in [3.8, 4) is 6.07 Å². The van der Waals surface area contributed by atoms with E-state index in [0.717, 1.165) is 6.26 Å². The van der Waals surface area contributed by atoms with Crippen LogP contribution < -0.4 is 5.32 Å². The lowest BCUT2D eigenvalue weighted by atomic mass is 10.2. The number of anilines is 1. The Balaban J connectivity index is 2.25. The third kappa shape index (κ3) is 6.28. The van der Waals surface area contributed by atoms with Gasteiger partial charge in [0.1, 0.15) is 21.8 Å². The highest BCUT2D eigenvalue weighted by molar-refractivity contribution is 9.11. The van der Waals surface area contributed by atoms with Crippen LogP contribution in [-0.4, -0.2) is 32.7 Å². The van der Waals surface area contributed by atoms with Gasteiger partial charge in [0.15, 0.2) is 0 Å². The van der Waals surface area contributed by atoms with E-state index in [-0.39, 0.29) is 18.8 Å². The van der Waals surface area contributed by atoms with E-state index in [4.69, 9.17) is 0 Å². The molecule has 14 heteroatoms. The van der Waals surface area contributed by atoms with Crippen LogP contribution in [-0.2, 0) is 14.3 Å². The number of nitriles is 1.